The van der Waals surface area contributed by atoms with Crippen LogP contribution in [0.5, 0.6) is 0 Å². The highest BCUT2D eigenvalue weighted by atomic mass is 14.7. The van der Waals surface area contributed by atoms with Crippen LogP contribution in [-0.4, -0.2) is 19.9 Å². The van der Waals surface area contributed by atoms with E-state index in [2.05, 4.69) is 19.9 Å². The standard InChI is InChI=1S/C32H16N8/c33-17-21(18-34)27-31(29(23-9-1-5-13-37-23)24-10-2-6-14-38-24)28(22(19-35)20-36)32(27)30(25-11-3-7-15-39-25)26-12-4-8-16-40-26/h1-16H. The molecule has 0 unspecified atom stereocenters. The summed E-state index contributed by atoms with van der Waals surface area (Å²) in [7, 11) is 0. The molecule has 4 heterocycles. The lowest BCUT2D eigenvalue weighted by molar-refractivity contribution is 1.14. The first kappa shape index (κ1) is 25.2. The molecule has 0 radical (unpaired) electrons. The summed E-state index contributed by atoms with van der Waals surface area (Å²) in [6, 6.07) is 29.3. The zero-order valence-electron chi connectivity index (χ0n) is 20.8. The average Bonchev–Trinajstić information content (AvgIpc) is 3.03. The Labute approximate surface area is 230 Å². The van der Waals surface area contributed by atoms with Crippen LogP contribution in [0, 0.1) is 45.3 Å². The van der Waals surface area contributed by atoms with Crippen molar-refractivity contribution < 1.29 is 0 Å². The summed E-state index contributed by atoms with van der Waals surface area (Å²) >= 11 is 0. The number of rotatable bonds is 4. The maximum Gasteiger partial charge on any atom is 0.138 e. The fraction of sp³-hybridized carbons (Fsp3) is 0. The monoisotopic (exact) mass is 512 g/mol. The van der Waals surface area contributed by atoms with E-state index in [1.54, 1.807) is 97.6 Å². The number of pyridine rings is 4. The summed E-state index contributed by atoms with van der Waals surface area (Å²) in [6.45, 7) is 0. The highest BCUT2D eigenvalue weighted by molar-refractivity contribution is 6.04. The first-order valence-corrected chi connectivity index (χ1v) is 12.0. The largest absolute Gasteiger partial charge is 0.256 e. The molecule has 0 aromatic carbocycles. The van der Waals surface area contributed by atoms with Crippen molar-refractivity contribution >= 4 is 11.1 Å². The first-order valence-electron chi connectivity index (χ1n) is 12.0. The molecule has 1 aliphatic rings. The van der Waals surface area contributed by atoms with Crippen molar-refractivity contribution in [3.63, 3.8) is 0 Å². The predicted molar refractivity (Wildman–Crippen MR) is 145 cm³/mol. The summed E-state index contributed by atoms with van der Waals surface area (Å²) in [4.78, 5) is 18.1. The van der Waals surface area contributed by atoms with Gasteiger partial charge < -0.3 is 0 Å². The van der Waals surface area contributed by atoms with Gasteiger partial charge in [0.2, 0.25) is 0 Å². The molecule has 8 heteroatoms. The van der Waals surface area contributed by atoms with Gasteiger partial charge in [0.25, 0.3) is 0 Å². The Morgan fingerprint density at radius 3 is 0.875 bits per heavy atom. The van der Waals surface area contributed by atoms with Crippen LogP contribution >= 0.6 is 0 Å². The molecule has 0 atom stereocenters. The van der Waals surface area contributed by atoms with Crippen LogP contribution in [0.25, 0.3) is 11.1 Å². The smallest absolute Gasteiger partial charge is 0.138 e. The molecule has 0 spiro atoms. The minimum absolute atomic E-state index is 0.197. The third-order valence-corrected chi connectivity index (χ3v) is 6.13. The molecule has 184 valence electrons. The Bertz CT molecular complexity index is 1620. The molecular weight excluding hydrogens is 496 g/mol. The van der Waals surface area contributed by atoms with Gasteiger partial charge in [0.05, 0.1) is 22.8 Å². The summed E-state index contributed by atoms with van der Waals surface area (Å²) in [5.74, 6) is 0. The van der Waals surface area contributed by atoms with Crippen molar-refractivity contribution in [3.05, 3.63) is 154 Å². The molecule has 1 fully saturated rings. The van der Waals surface area contributed by atoms with Gasteiger partial charge in [0.15, 0.2) is 0 Å². The van der Waals surface area contributed by atoms with E-state index in [4.69, 9.17) is 0 Å². The van der Waals surface area contributed by atoms with Gasteiger partial charge in [-0.2, -0.15) is 21.0 Å². The van der Waals surface area contributed by atoms with E-state index in [1.165, 1.54) is 0 Å². The number of aromatic nitrogens is 4. The van der Waals surface area contributed by atoms with Crippen molar-refractivity contribution in [1.82, 2.24) is 19.9 Å². The number of hydrogen-bond acceptors (Lipinski definition) is 8. The molecule has 8 nitrogen and oxygen atoms in total. The number of nitriles is 4. The first-order chi connectivity index (χ1) is 19.7. The van der Waals surface area contributed by atoms with Crippen molar-refractivity contribution in [3.8, 4) is 24.3 Å². The Hall–Kier alpha value is -6.48. The molecule has 4 aromatic rings. The van der Waals surface area contributed by atoms with Crippen molar-refractivity contribution in [2.75, 3.05) is 0 Å². The van der Waals surface area contributed by atoms with Gasteiger partial charge in [-0.3, -0.25) is 19.9 Å². The zero-order valence-corrected chi connectivity index (χ0v) is 20.8. The van der Waals surface area contributed by atoms with Gasteiger partial charge in [-0.15, -0.1) is 0 Å². The predicted octanol–water partition coefficient (Wildman–Crippen LogP) is 5.27. The molecule has 0 N–H and O–H groups in total. The second-order valence-corrected chi connectivity index (χ2v) is 8.31. The molecular formula is C32H16N8. The quantitative estimate of drug-likeness (QED) is 0.336. The lowest BCUT2D eigenvalue weighted by Crippen LogP contribution is -2.22. The normalized spacial score (nSPS) is 11.7. The Kier molecular flexibility index (Phi) is 7.10. The Balaban J connectivity index is 2.05. The van der Waals surface area contributed by atoms with Crippen LogP contribution in [0.15, 0.2) is 131 Å². The number of nitrogens with zero attached hydrogens (tertiary/aromatic N) is 8. The number of hydrogen-bond donors (Lipinski definition) is 0. The van der Waals surface area contributed by atoms with Gasteiger partial charge in [0, 0.05) is 58.2 Å². The third kappa shape index (κ3) is 4.42. The van der Waals surface area contributed by atoms with E-state index < -0.39 is 0 Å². The summed E-state index contributed by atoms with van der Waals surface area (Å²) in [6.07, 6.45) is 6.44. The fourth-order valence-electron chi connectivity index (χ4n) is 4.53. The molecule has 1 aliphatic carbocycles. The molecule has 0 bridgehead atoms. The second kappa shape index (κ2) is 11.3. The van der Waals surface area contributed by atoms with Crippen LogP contribution < -0.4 is 0 Å². The maximum absolute atomic E-state index is 10.1. The van der Waals surface area contributed by atoms with E-state index in [-0.39, 0.29) is 22.3 Å². The van der Waals surface area contributed by atoms with Crippen LogP contribution in [0.2, 0.25) is 0 Å². The van der Waals surface area contributed by atoms with Gasteiger partial charge in [0.1, 0.15) is 35.4 Å². The average molecular weight is 513 g/mol. The van der Waals surface area contributed by atoms with E-state index in [0.717, 1.165) is 0 Å². The SMILES string of the molecule is N#CC(C#N)=C1C(=C(c2ccccn2)c2ccccn2)C(=C(C#N)C#N)C1=C(c1ccccn1)c1ccccn1. The maximum atomic E-state index is 10.1. The molecule has 5 rings (SSSR count). The summed E-state index contributed by atoms with van der Waals surface area (Å²) < 4.78 is 0. The van der Waals surface area contributed by atoms with E-state index in [9.17, 15) is 21.0 Å². The number of allylic oxidation sites excluding steroid dienone is 6. The molecule has 0 amide bonds. The van der Waals surface area contributed by atoms with E-state index >= 15 is 0 Å². The topological polar surface area (TPSA) is 147 Å². The lowest BCUT2D eigenvalue weighted by atomic mass is 9.65. The lowest BCUT2D eigenvalue weighted by Gasteiger charge is -2.35. The second-order valence-electron chi connectivity index (χ2n) is 8.31. The summed E-state index contributed by atoms with van der Waals surface area (Å²) in [5, 5.41) is 40.4. The van der Waals surface area contributed by atoms with Crippen LogP contribution in [0.1, 0.15) is 22.8 Å². The van der Waals surface area contributed by atoms with Crippen LogP contribution in [-0.2, 0) is 0 Å². The highest BCUT2D eigenvalue weighted by Gasteiger charge is 2.42. The van der Waals surface area contributed by atoms with E-state index in [0.29, 0.717) is 45.1 Å². The molecule has 40 heavy (non-hydrogen) atoms. The van der Waals surface area contributed by atoms with Crippen LogP contribution in [0.3, 0.4) is 0 Å². The molecule has 0 saturated heterocycles. The van der Waals surface area contributed by atoms with Gasteiger partial charge >= 0.3 is 0 Å². The minimum atomic E-state index is -0.197. The van der Waals surface area contributed by atoms with Crippen LogP contribution in [0.4, 0.5) is 0 Å². The van der Waals surface area contributed by atoms with E-state index in [1.807, 2.05) is 24.3 Å². The fourth-order valence-corrected chi connectivity index (χ4v) is 4.53. The minimum Gasteiger partial charge on any atom is -0.256 e. The molecule has 0 aliphatic heterocycles. The van der Waals surface area contributed by atoms with Gasteiger partial charge in [-0.1, -0.05) is 24.3 Å². The van der Waals surface area contributed by atoms with Gasteiger partial charge in [-0.25, -0.2) is 0 Å². The van der Waals surface area contributed by atoms with Crippen molar-refractivity contribution in [2.45, 2.75) is 0 Å². The summed E-state index contributed by atoms with van der Waals surface area (Å²) in [5.41, 5.74) is 3.77. The van der Waals surface area contributed by atoms with Gasteiger partial charge in [-0.05, 0) is 48.5 Å². The highest BCUT2D eigenvalue weighted by Crippen LogP contribution is 2.55. The molecule has 4 aromatic heterocycles. The molecule has 1 saturated carbocycles. The zero-order chi connectivity index (χ0) is 27.9. The Morgan fingerprint density at radius 2 is 0.675 bits per heavy atom. The van der Waals surface area contributed by atoms with Crippen molar-refractivity contribution in [1.29, 1.82) is 21.0 Å². The third-order valence-electron chi connectivity index (χ3n) is 6.13. The Morgan fingerprint density at radius 1 is 0.400 bits per heavy atom. The van der Waals surface area contributed by atoms with Crippen molar-refractivity contribution in [2.24, 2.45) is 0 Å².